The minimum atomic E-state index is -0.207. The number of thiophene rings is 1. The van der Waals surface area contributed by atoms with Crippen LogP contribution in [0.5, 0.6) is 0 Å². The number of nitrogens with one attached hydrogen (secondary N) is 3. The molecule has 0 aliphatic heterocycles. The van der Waals surface area contributed by atoms with Crippen LogP contribution in [0.25, 0.3) is 11.5 Å². The first-order valence-electron chi connectivity index (χ1n) is 10.9. The fourth-order valence-corrected chi connectivity index (χ4v) is 5.73. The molecule has 2 amide bonds. The van der Waals surface area contributed by atoms with E-state index in [1.54, 1.807) is 6.20 Å². The molecule has 5 rings (SSSR count). The Morgan fingerprint density at radius 1 is 1.03 bits per heavy atom. The van der Waals surface area contributed by atoms with Crippen LogP contribution in [-0.4, -0.2) is 37.7 Å². The predicted molar refractivity (Wildman–Crippen MR) is 134 cm³/mol. The number of amides is 2. The van der Waals surface area contributed by atoms with Crippen molar-refractivity contribution in [3.05, 3.63) is 70.7 Å². The number of carbonyl (C=O) groups excluding carboxylic acids is 2. The predicted octanol–water partition coefficient (Wildman–Crippen LogP) is 4.79. The van der Waals surface area contributed by atoms with Crippen molar-refractivity contribution in [2.45, 2.75) is 30.8 Å². The van der Waals surface area contributed by atoms with Gasteiger partial charge in [-0.1, -0.05) is 36.0 Å². The third-order valence-electron chi connectivity index (χ3n) is 5.39. The Labute approximate surface area is 204 Å². The van der Waals surface area contributed by atoms with E-state index in [-0.39, 0.29) is 17.6 Å². The van der Waals surface area contributed by atoms with E-state index in [0.717, 1.165) is 36.9 Å². The number of benzene rings is 1. The molecule has 3 N–H and O–H groups in total. The molecule has 0 saturated heterocycles. The first-order valence-corrected chi connectivity index (χ1v) is 12.7. The van der Waals surface area contributed by atoms with Gasteiger partial charge in [0.2, 0.25) is 11.1 Å². The van der Waals surface area contributed by atoms with Crippen LogP contribution in [0.2, 0.25) is 0 Å². The fraction of sp³-hybridized carbons (Fsp3) is 0.208. The summed E-state index contributed by atoms with van der Waals surface area (Å²) in [6.07, 6.45) is 5.61. The Bertz CT molecular complexity index is 1300. The van der Waals surface area contributed by atoms with E-state index in [9.17, 15) is 9.59 Å². The van der Waals surface area contributed by atoms with E-state index in [1.165, 1.54) is 28.0 Å². The number of aryl methyl sites for hydroxylation is 1. The number of pyridine rings is 1. The van der Waals surface area contributed by atoms with E-state index in [4.69, 9.17) is 0 Å². The van der Waals surface area contributed by atoms with Crippen molar-refractivity contribution in [3.8, 4) is 11.5 Å². The number of para-hydroxylation sites is 1. The maximum Gasteiger partial charge on any atom is 0.258 e. The van der Waals surface area contributed by atoms with E-state index in [0.29, 0.717) is 27.2 Å². The van der Waals surface area contributed by atoms with E-state index in [1.807, 2.05) is 48.5 Å². The minimum Gasteiger partial charge on any atom is -0.322 e. The lowest BCUT2D eigenvalue weighted by Crippen LogP contribution is -2.19. The summed E-state index contributed by atoms with van der Waals surface area (Å²) in [7, 11) is 0. The molecule has 3 heterocycles. The van der Waals surface area contributed by atoms with Gasteiger partial charge in [-0.2, -0.15) is 4.98 Å². The molecular weight excluding hydrogens is 468 g/mol. The fourth-order valence-electron chi connectivity index (χ4n) is 3.83. The van der Waals surface area contributed by atoms with Crippen LogP contribution in [0.1, 0.15) is 33.6 Å². The summed E-state index contributed by atoms with van der Waals surface area (Å²) in [5.41, 5.74) is 3.05. The summed E-state index contributed by atoms with van der Waals surface area (Å²) in [6.45, 7) is 0. The van der Waals surface area contributed by atoms with Crippen LogP contribution < -0.4 is 10.6 Å². The summed E-state index contributed by atoms with van der Waals surface area (Å²) in [5.74, 6) is 0.278. The zero-order valence-electron chi connectivity index (χ0n) is 18.2. The Morgan fingerprint density at radius 2 is 1.85 bits per heavy atom. The number of aromatic amines is 1. The largest absolute Gasteiger partial charge is 0.322 e. The van der Waals surface area contributed by atoms with Gasteiger partial charge in [-0.15, -0.1) is 16.4 Å². The summed E-state index contributed by atoms with van der Waals surface area (Å²) in [5, 5.41) is 14.0. The molecule has 3 aromatic heterocycles. The molecule has 0 atom stereocenters. The van der Waals surface area contributed by atoms with E-state index < -0.39 is 0 Å². The van der Waals surface area contributed by atoms with Gasteiger partial charge in [0.25, 0.3) is 5.91 Å². The van der Waals surface area contributed by atoms with Crippen molar-refractivity contribution in [2.24, 2.45) is 0 Å². The van der Waals surface area contributed by atoms with Gasteiger partial charge in [-0.25, -0.2) is 0 Å². The van der Waals surface area contributed by atoms with Gasteiger partial charge in [0.15, 0.2) is 5.82 Å². The molecule has 4 aromatic rings. The van der Waals surface area contributed by atoms with Gasteiger partial charge >= 0.3 is 0 Å². The number of hydrogen-bond acceptors (Lipinski definition) is 7. The van der Waals surface area contributed by atoms with Gasteiger partial charge in [0, 0.05) is 16.8 Å². The molecule has 34 heavy (non-hydrogen) atoms. The molecule has 1 aliphatic rings. The van der Waals surface area contributed by atoms with Crippen molar-refractivity contribution in [1.29, 1.82) is 0 Å². The highest BCUT2D eigenvalue weighted by Crippen LogP contribution is 2.38. The third kappa shape index (κ3) is 5.02. The Hall–Kier alpha value is -3.50. The topological polar surface area (TPSA) is 113 Å². The number of fused-ring (bicyclic) bond motifs is 1. The van der Waals surface area contributed by atoms with Crippen LogP contribution in [-0.2, 0) is 17.6 Å². The molecule has 10 heteroatoms. The zero-order chi connectivity index (χ0) is 23.3. The number of anilines is 2. The normalized spacial score (nSPS) is 12.7. The Morgan fingerprint density at radius 3 is 2.68 bits per heavy atom. The van der Waals surface area contributed by atoms with Gasteiger partial charge < -0.3 is 10.6 Å². The van der Waals surface area contributed by atoms with Crippen LogP contribution in [0.3, 0.4) is 0 Å². The van der Waals surface area contributed by atoms with Gasteiger partial charge in [0.05, 0.1) is 11.3 Å². The van der Waals surface area contributed by atoms with Crippen molar-refractivity contribution in [1.82, 2.24) is 20.2 Å². The first-order chi connectivity index (χ1) is 16.7. The second-order valence-corrected chi connectivity index (χ2v) is 9.80. The van der Waals surface area contributed by atoms with Crippen LogP contribution in [0.4, 0.5) is 10.7 Å². The van der Waals surface area contributed by atoms with Crippen molar-refractivity contribution in [3.63, 3.8) is 0 Å². The zero-order valence-corrected chi connectivity index (χ0v) is 19.8. The summed E-state index contributed by atoms with van der Waals surface area (Å²) >= 11 is 2.73. The monoisotopic (exact) mass is 490 g/mol. The third-order valence-corrected chi connectivity index (χ3v) is 7.44. The van der Waals surface area contributed by atoms with Crippen molar-refractivity contribution < 1.29 is 9.59 Å². The molecule has 8 nitrogen and oxygen atoms in total. The summed E-state index contributed by atoms with van der Waals surface area (Å²) < 4.78 is 0. The number of nitrogens with zero attached hydrogens (tertiary/aromatic N) is 3. The lowest BCUT2D eigenvalue weighted by atomic mass is 9.95. The van der Waals surface area contributed by atoms with Crippen LogP contribution in [0, 0.1) is 0 Å². The second-order valence-electron chi connectivity index (χ2n) is 7.75. The van der Waals surface area contributed by atoms with Crippen LogP contribution in [0.15, 0.2) is 59.9 Å². The van der Waals surface area contributed by atoms with E-state index in [2.05, 4.69) is 30.8 Å². The number of rotatable bonds is 7. The smallest absolute Gasteiger partial charge is 0.258 e. The maximum absolute atomic E-state index is 13.2. The molecule has 0 bridgehead atoms. The Kier molecular flexibility index (Phi) is 6.68. The number of thioether (sulfide) groups is 1. The highest BCUT2D eigenvalue weighted by molar-refractivity contribution is 7.99. The highest BCUT2D eigenvalue weighted by atomic mass is 32.2. The maximum atomic E-state index is 13.2. The minimum absolute atomic E-state index is 0.127. The molecule has 172 valence electrons. The number of H-pyrrole nitrogens is 1. The first kappa shape index (κ1) is 22.3. The number of hydrogen-bond donors (Lipinski definition) is 3. The molecule has 0 saturated carbocycles. The second kappa shape index (κ2) is 10.2. The number of aromatic nitrogens is 4. The van der Waals surface area contributed by atoms with Crippen LogP contribution >= 0.6 is 23.1 Å². The molecule has 1 aromatic carbocycles. The lowest BCUT2D eigenvalue weighted by Gasteiger charge is -2.13. The summed E-state index contributed by atoms with van der Waals surface area (Å²) in [6, 6.07) is 14.9. The van der Waals surface area contributed by atoms with Gasteiger partial charge in [-0.05, 0) is 55.5 Å². The van der Waals surface area contributed by atoms with E-state index >= 15 is 0 Å². The average Bonchev–Trinajstić information content (AvgIpc) is 3.48. The Balaban J connectivity index is 1.28. The molecule has 0 fully saturated rings. The lowest BCUT2D eigenvalue weighted by molar-refractivity contribution is -0.113. The highest BCUT2D eigenvalue weighted by Gasteiger charge is 2.26. The van der Waals surface area contributed by atoms with Crippen molar-refractivity contribution in [2.75, 3.05) is 16.4 Å². The summed E-state index contributed by atoms with van der Waals surface area (Å²) in [4.78, 5) is 35.8. The quantitative estimate of drug-likeness (QED) is 0.321. The SMILES string of the molecule is O=C(CSc1n[nH]c(-c2ccccn2)n1)Nc1sc2c(c1C(=O)Nc1ccccc1)CCCC2. The van der Waals surface area contributed by atoms with Gasteiger partial charge in [0.1, 0.15) is 10.7 Å². The molecule has 0 unspecified atom stereocenters. The molecule has 0 spiro atoms. The molecular formula is C24H22N6O2S2. The van der Waals surface area contributed by atoms with Crippen molar-refractivity contribution >= 4 is 45.6 Å². The molecule has 1 aliphatic carbocycles. The number of carbonyl (C=O) groups is 2. The van der Waals surface area contributed by atoms with Gasteiger partial charge in [-0.3, -0.25) is 19.7 Å². The standard InChI is InChI=1S/C24H22N6O2S2/c31-19(14-33-24-28-21(29-30-24)17-11-6-7-13-25-17)27-23-20(16-10-4-5-12-18(16)34-23)22(32)26-15-8-2-1-3-9-15/h1-3,6-9,11,13H,4-5,10,12,14H2,(H,26,32)(H,27,31)(H,28,29,30). The average molecular weight is 491 g/mol. The molecule has 0 radical (unpaired) electrons.